The SMILES string of the molecule is CCCNc1nc(C)c([N+](=O)[O-])c(NCCN(C)C)n1. The third-order valence-corrected chi connectivity index (χ3v) is 2.63. The van der Waals surface area contributed by atoms with E-state index in [2.05, 4.69) is 20.6 Å². The first kappa shape index (κ1) is 16.1. The number of aromatic nitrogens is 2. The number of hydrogen-bond donors (Lipinski definition) is 2. The van der Waals surface area contributed by atoms with Crippen LogP contribution in [-0.4, -0.2) is 53.5 Å². The summed E-state index contributed by atoms with van der Waals surface area (Å²) in [6.45, 7) is 5.72. The summed E-state index contributed by atoms with van der Waals surface area (Å²) >= 11 is 0. The van der Waals surface area contributed by atoms with Crippen molar-refractivity contribution in [1.82, 2.24) is 14.9 Å². The highest BCUT2D eigenvalue weighted by Crippen LogP contribution is 2.26. The number of anilines is 2. The summed E-state index contributed by atoms with van der Waals surface area (Å²) < 4.78 is 0. The van der Waals surface area contributed by atoms with Crippen molar-refractivity contribution in [3.8, 4) is 0 Å². The smallest absolute Gasteiger partial charge is 0.332 e. The maximum atomic E-state index is 11.1. The van der Waals surface area contributed by atoms with Gasteiger partial charge in [0.1, 0.15) is 5.69 Å². The van der Waals surface area contributed by atoms with Gasteiger partial charge in [-0.25, -0.2) is 4.98 Å². The van der Waals surface area contributed by atoms with Gasteiger partial charge in [0, 0.05) is 19.6 Å². The van der Waals surface area contributed by atoms with Crippen molar-refractivity contribution >= 4 is 17.5 Å². The van der Waals surface area contributed by atoms with Crippen molar-refractivity contribution < 1.29 is 4.92 Å². The first-order valence-electron chi connectivity index (χ1n) is 6.61. The Hall–Kier alpha value is -1.96. The molecule has 0 saturated carbocycles. The number of hydrogen-bond acceptors (Lipinski definition) is 7. The zero-order chi connectivity index (χ0) is 15.1. The maximum absolute atomic E-state index is 11.1. The second-order valence-electron chi connectivity index (χ2n) is 4.74. The number of rotatable bonds is 8. The summed E-state index contributed by atoms with van der Waals surface area (Å²) in [6.07, 6.45) is 0.933. The molecule has 0 radical (unpaired) electrons. The summed E-state index contributed by atoms with van der Waals surface area (Å²) in [5.41, 5.74) is 0.293. The van der Waals surface area contributed by atoms with Crippen LogP contribution in [0, 0.1) is 17.0 Å². The minimum absolute atomic E-state index is 0.0641. The van der Waals surface area contributed by atoms with E-state index < -0.39 is 4.92 Å². The quantitative estimate of drug-likeness (QED) is 0.550. The minimum atomic E-state index is -0.447. The molecule has 0 spiro atoms. The first-order valence-corrected chi connectivity index (χ1v) is 6.61. The molecule has 8 nitrogen and oxygen atoms in total. The third kappa shape index (κ3) is 4.61. The lowest BCUT2D eigenvalue weighted by Crippen LogP contribution is -2.22. The number of nitro groups is 1. The molecule has 1 aromatic heterocycles. The van der Waals surface area contributed by atoms with Gasteiger partial charge in [0.05, 0.1) is 4.92 Å². The molecule has 0 atom stereocenters. The molecule has 0 amide bonds. The van der Waals surface area contributed by atoms with Crippen LogP contribution in [0.5, 0.6) is 0 Å². The molecular weight excluding hydrogens is 260 g/mol. The Morgan fingerprint density at radius 1 is 1.25 bits per heavy atom. The van der Waals surface area contributed by atoms with Crippen molar-refractivity contribution in [3.05, 3.63) is 15.8 Å². The molecule has 0 aliphatic carbocycles. The predicted molar refractivity (Wildman–Crippen MR) is 79.2 cm³/mol. The van der Waals surface area contributed by atoms with Crippen molar-refractivity contribution in [2.45, 2.75) is 20.3 Å². The summed E-state index contributed by atoms with van der Waals surface area (Å²) in [5.74, 6) is 0.685. The molecule has 2 N–H and O–H groups in total. The van der Waals surface area contributed by atoms with E-state index in [9.17, 15) is 10.1 Å². The minimum Gasteiger partial charge on any atom is -0.363 e. The normalized spacial score (nSPS) is 10.7. The molecule has 20 heavy (non-hydrogen) atoms. The molecule has 0 unspecified atom stereocenters. The van der Waals surface area contributed by atoms with Gasteiger partial charge in [-0.3, -0.25) is 10.1 Å². The number of nitrogens with one attached hydrogen (secondary N) is 2. The predicted octanol–water partition coefficient (Wildman–Crippen LogP) is 1.49. The Balaban J connectivity index is 2.96. The van der Waals surface area contributed by atoms with Gasteiger partial charge in [-0.15, -0.1) is 0 Å². The van der Waals surface area contributed by atoms with Crippen LogP contribution in [0.2, 0.25) is 0 Å². The van der Waals surface area contributed by atoms with Crippen LogP contribution >= 0.6 is 0 Å². The molecule has 0 fully saturated rings. The standard InChI is InChI=1S/C12H22N6O2/c1-5-6-14-12-15-9(2)10(18(19)20)11(16-12)13-7-8-17(3)4/h5-8H2,1-4H3,(H2,13,14,15,16). The van der Waals surface area contributed by atoms with Gasteiger partial charge in [0.25, 0.3) is 0 Å². The van der Waals surface area contributed by atoms with Crippen LogP contribution in [0.4, 0.5) is 17.5 Å². The molecule has 0 saturated heterocycles. The first-order chi connectivity index (χ1) is 9.45. The molecule has 1 rings (SSSR count). The van der Waals surface area contributed by atoms with E-state index in [1.807, 2.05) is 25.9 Å². The van der Waals surface area contributed by atoms with E-state index in [0.717, 1.165) is 19.5 Å². The number of nitrogens with zero attached hydrogens (tertiary/aromatic N) is 4. The zero-order valence-corrected chi connectivity index (χ0v) is 12.4. The van der Waals surface area contributed by atoms with Crippen LogP contribution in [0.3, 0.4) is 0 Å². The van der Waals surface area contributed by atoms with Gasteiger partial charge in [0.2, 0.25) is 11.8 Å². The van der Waals surface area contributed by atoms with Crippen LogP contribution < -0.4 is 10.6 Å². The van der Waals surface area contributed by atoms with Crippen LogP contribution in [-0.2, 0) is 0 Å². The summed E-state index contributed by atoms with van der Waals surface area (Å²) in [5, 5.41) is 17.2. The highest BCUT2D eigenvalue weighted by molar-refractivity contribution is 5.60. The number of aryl methyl sites for hydroxylation is 1. The average Bonchev–Trinajstić information content (AvgIpc) is 2.34. The zero-order valence-electron chi connectivity index (χ0n) is 12.4. The van der Waals surface area contributed by atoms with E-state index in [-0.39, 0.29) is 11.5 Å². The Kier molecular flexibility index (Phi) is 6.10. The fourth-order valence-corrected chi connectivity index (χ4v) is 1.62. The van der Waals surface area contributed by atoms with Crippen molar-refractivity contribution in [1.29, 1.82) is 0 Å². The number of likely N-dealkylation sites (N-methyl/N-ethyl adjacent to an activating group) is 1. The molecule has 0 aliphatic rings. The van der Waals surface area contributed by atoms with Crippen LogP contribution in [0.1, 0.15) is 19.0 Å². The lowest BCUT2D eigenvalue weighted by molar-refractivity contribution is -0.385. The Bertz CT molecular complexity index is 464. The monoisotopic (exact) mass is 282 g/mol. The molecule has 0 bridgehead atoms. The molecule has 1 heterocycles. The Labute approximate surface area is 118 Å². The Morgan fingerprint density at radius 3 is 2.50 bits per heavy atom. The second kappa shape index (κ2) is 7.59. The van der Waals surface area contributed by atoms with Crippen molar-refractivity contribution in [2.75, 3.05) is 44.4 Å². The van der Waals surface area contributed by atoms with Gasteiger partial charge in [0.15, 0.2) is 0 Å². The van der Waals surface area contributed by atoms with Crippen molar-refractivity contribution in [2.24, 2.45) is 0 Å². The van der Waals surface area contributed by atoms with Crippen LogP contribution in [0.25, 0.3) is 0 Å². The maximum Gasteiger partial charge on any atom is 0.332 e. The molecule has 112 valence electrons. The van der Waals surface area contributed by atoms with E-state index in [4.69, 9.17) is 0 Å². The fraction of sp³-hybridized carbons (Fsp3) is 0.667. The highest BCUT2D eigenvalue weighted by Gasteiger charge is 2.21. The van der Waals surface area contributed by atoms with Gasteiger partial charge in [-0.1, -0.05) is 6.92 Å². The average molecular weight is 282 g/mol. The molecule has 0 aliphatic heterocycles. The molecule has 1 aromatic rings. The topological polar surface area (TPSA) is 96.2 Å². The van der Waals surface area contributed by atoms with E-state index in [1.54, 1.807) is 6.92 Å². The highest BCUT2D eigenvalue weighted by atomic mass is 16.6. The molecule has 0 aromatic carbocycles. The molecular formula is C12H22N6O2. The summed E-state index contributed by atoms with van der Waals surface area (Å²) in [7, 11) is 3.88. The third-order valence-electron chi connectivity index (χ3n) is 2.63. The van der Waals surface area contributed by atoms with Gasteiger partial charge < -0.3 is 15.5 Å². The Morgan fingerprint density at radius 2 is 1.95 bits per heavy atom. The summed E-state index contributed by atoms with van der Waals surface area (Å²) in [6, 6.07) is 0. The molecule has 8 heteroatoms. The van der Waals surface area contributed by atoms with Crippen LogP contribution in [0.15, 0.2) is 0 Å². The summed E-state index contributed by atoms with van der Waals surface area (Å²) in [4.78, 5) is 21.0. The lowest BCUT2D eigenvalue weighted by Gasteiger charge is -2.12. The van der Waals surface area contributed by atoms with E-state index in [0.29, 0.717) is 18.2 Å². The van der Waals surface area contributed by atoms with Gasteiger partial charge >= 0.3 is 5.69 Å². The van der Waals surface area contributed by atoms with Gasteiger partial charge in [-0.05, 0) is 27.4 Å². The largest absolute Gasteiger partial charge is 0.363 e. The lowest BCUT2D eigenvalue weighted by atomic mass is 10.3. The van der Waals surface area contributed by atoms with E-state index in [1.165, 1.54) is 0 Å². The van der Waals surface area contributed by atoms with E-state index >= 15 is 0 Å². The second-order valence-corrected chi connectivity index (χ2v) is 4.74. The van der Waals surface area contributed by atoms with Gasteiger partial charge in [-0.2, -0.15) is 4.98 Å². The fourth-order valence-electron chi connectivity index (χ4n) is 1.62. The van der Waals surface area contributed by atoms with Crippen molar-refractivity contribution in [3.63, 3.8) is 0 Å².